The summed E-state index contributed by atoms with van der Waals surface area (Å²) in [5, 5.41) is 14.1. The second-order valence-corrected chi connectivity index (χ2v) is 6.49. The number of benzene rings is 1. The van der Waals surface area contributed by atoms with Crippen LogP contribution in [0.25, 0.3) is 5.65 Å². The average Bonchev–Trinajstić information content (AvgIpc) is 3.05. The number of carbonyl (C=O) groups excluding carboxylic acids is 1. The molecule has 0 saturated heterocycles. The summed E-state index contributed by atoms with van der Waals surface area (Å²) in [7, 11) is 0. The minimum absolute atomic E-state index is 0.00964. The molecule has 0 aliphatic heterocycles. The standard InChI is InChI=1S/C15H10ClFN4O4S/c16-8-2-1-7(17)3-10(8)26-11-4-9(22)13(14-19-6-20-21(11)14)15(25)18-5-12(23)24/h1-4,6H,5H2,(H,18,25)(H,19,20)(H,23,24). The van der Waals surface area contributed by atoms with Gasteiger partial charge in [-0.25, -0.2) is 13.9 Å². The van der Waals surface area contributed by atoms with Gasteiger partial charge >= 0.3 is 5.97 Å². The van der Waals surface area contributed by atoms with E-state index in [1.54, 1.807) is 0 Å². The first kappa shape index (κ1) is 18.0. The Morgan fingerprint density at radius 2 is 2.15 bits per heavy atom. The zero-order chi connectivity index (χ0) is 18.8. The van der Waals surface area contributed by atoms with Gasteiger partial charge in [-0.2, -0.15) is 0 Å². The number of fused-ring (bicyclic) bond motifs is 1. The molecule has 3 rings (SSSR count). The topological polar surface area (TPSA) is 117 Å². The molecule has 0 unspecified atom stereocenters. The number of carboxylic acid groups (broad SMARTS) is 1. The molecule has 3 N–H and O–H groups in total. The van der Waals surface area contributed by atoms with Gasteiger partial charge in [0.2, 0.25) is 0 Å². The number of aliphatic carboxylic acids is 1. The third kappa shape index (κ3) is 3.55. The summed E-state index contributed by atoms with van der Waals surface area (Å²) >= 11 is 7.05. The molecule has 11 heteroatoms. The van der Waals surface area contributed by atoms with Crippen molar-refractivity contribution < 1.29 is 19.1 Å². The second kappa shape index (κ2) is 7.18. The molecule has 8 nitrogen and oxygen atoms in total. The highest BCUT2D eigenvalue weighted by molar-refractivity contribution is 7.99. The molecule has 3 aromatic rings. The van der Waals surface area contributed by atoms with Crippen molar-refractivity contribution in [2.45, 2.75) is 9.92 Å². The van der Waals surface area contributed by atoms with Crippen molar-refractivity contribution in [3.05, 3.63) is 57.2 Å². The van der Waals surface area contributed by atoms with Gasteiger partial charge in [-0.1, -0.05) is 23.4 Å². The lowest BCUT2D eigenvalue weighted by molar-refractivity contribution is -0.135. The Bertz CT molecular complexity index is 1080. The summed E-state index contributed by atoms with van der Waals surface area (Å²) in [6.07, 6.45) is 1.26. The zero-order valence-corrected chi connectivity index (χ0v) is 14.4. The summed E-state index contributed by atoms with van der Waals surface area (Å²) in [5.74, 6) is -2.60. The number of carbonyl (C=O) groups is 2. The number of rotatable bonds is 5. The molecule has 2 heterocycles. The van der Waals surface area contributed by atoms with Gasteiger partial charge in [0.25, 0.3) is 5.91 Å². The van der Waals surface area contributed by atoms with Crippen molar-refractivity contribution in [3.8, 4) is 0 Å². The molecule has 26 heavy (non-hydrogen) atoms. The first-order valence-corrected chi connectivity index (χ1v) is 8.28. The normalized spacial score (nSPS) is 10.8. The number of nitrogens with one attached hydrogen (secondary N) is 2. The molecular weight excluding hydrogens is 387 g/mol. The number of halogens is 2. The highest BCUT2D eigenvalue weighted by Crippen LogP contribution is 2.33. The van der Waals surface area contributed by atoms with Gasteiger partial charge in [-0.3, -0.25) is 19.5 Å². The van der Waals surface area contributed by atoms with Gasteiger partial charge in [0.15, 0.2) is 11.1 Å². The van der Waals surface area contributed by atoms with Gasteiger partial charge in [0.1, 0.15) is 29.3 Å². The lowest BCUT2D eigenvalue weighted by Crippen LogP contribution is -2.33. The van der Waals surface area contributed by atoms with Crippen LogP contribution in [0, 0.1) is 5.82 Å². The van der Waals surface area contributed by atoms with Gasteiger partial charge < -0.3 is 10.4 Å². The van der Waals surface area contributed by atoms with E-state index < -0.39 is 29.7 Å². The molecule has 0 aliphatic carbocycles. The second-order valence-electron chi connectivity index (χ2n) is 5.02. The van der Waals surface area contributed by atoms with Crippen molar-refractivity contribution in [1.29, 1.82) is 0 Å². The van der Waals surface area contributed by atoms with E-state index in [4.69, 9.17) is 16.7 Å². The Kier molecular flexibility index (Phi) is 4.96. The fraction of sp³-hybridized carbons (Fsp3) is 0.0667. The van der Waals surface area contributed by atoms with Crippen LogP contribution in [0.5, 0.6) is 0 Å². The Hall–Kier alpha value is -2.85. The fourth-order valence-electron chi connectivity index (χ4n) is 2.17. The van der Waals surface area contributed by atoms with Crippen LogP contribution in [0.1, 0.15) is 10.4 Å². The number of H-pyrrole nitrogens is 1. The molecule has 2 aromatic heterocycles. The van der Waals surface area contributed by atoms with Crippen LogP contribution in [0.2, 0.25) is 5.02 Å². The van der Waals surface area contributed by atoms with Crippen LogP contribution >= 0.6 is 23.4 Å². The maximum Gasteiger partial charge on any atom is 0.322 e. The summed E-state index contributed by atoms with van der Waals surface area (Å²) in [5.41, 5.74) is -0.951. The van der Waals surface area contributed by atoms with Crippen LogP contribution in [0.15, 0.2) is 45.3 Å². The predicted octanol–water partition coefficient (Wildman–Crippen LogP) is 1.78. The van der Waals surface area contributed by atoms with E-state index in [-0.39, 0.29) is 11.2 Å². The molecule has 0 bridgehead atoms. The Morgan fingerprint density at radius 1 is 1.38 bits per heavy atom. The van der Waals surface area contributed by atoms with E-state index in [2.05, 4.69) is 15.4 Å². The molecule has 0 spiro atoms. The molecule has 0 fully saturated rings. The number of hydrogen-bond donors (Lipinski definition) is 3. The molecular formula is C15H10ClFN4O4S. The van der Waals surface area contributed by atoms with Crippen molar-refractivity contribution in [1.82, 2.24) is 19.9 Å². The van der Waals surface area contributed by atoms with Crippen molar-refractivity contribution >= 4 is 40.9 Å². The van der Waals surface area contributed by atoms with Crippen molar-refractivity contribution in [3.63, 3.8) is 0 Å². The summed E-state index contributed by atoms with van der Waals surface area (Å²) in [4.78, 5) is 39.4. The van der Waals surface area contributed by atoms with E-state index in [1.165, 1.54) is 29.0 Å². The molecule has 0 atom stereocenters. The monoisotopic (exact) mass is 396 g/mol. The number of carboxylic acids is 1. The van der Waals surface area contributed by atoms with E-state index in [1.807, 2.05) is 0 Å². The van der Waals surface area contributed by atoms with Gasteiger partial charge in [0.05, 0.1) is 5.02 Å². The number of hydrogen-bond acceptors (Lipinski definition) is 5. The van der Waals surface area contributed by atoms with Gasteiger partial charge in [-0.05, 0) is 18.2 Å². The van der Waals surface area contributed by atoms with Crippen LogP contribution < -0.4 is 10.7 Å². The Labute approximate surface area is 154 Å². The third-order valence-corrected chi connectivity index (χ3v) is 4.77. The quantitative estimate of drug-likeness (QED) is 0.605. The maximum absolute atomic E-state index is 13.4. The first-order chi connectivity index (χ1) is 12.4. The molecule has 134 valence electrons. The van der Waals surface area contributed by atoms with Crippen LogP contribution in [0.3, 0.4) is 0 Å². The molecule has 0 saturated carbocycles. The maximum atomic E-state index is 13.4. The fourth-order valence-corrected chi connectivity index (χ4v) is 3.36. The molecule has 1 amide bonds. The van der Waals surface area contributed by atoms with Crippen LogP contribution in [-0.2, 0) is 4.79 Å². The van der Waals surface area contributed by atoms with Gasteiger partial charge in [0, 0.05) is 11.0 Å². The van der Waals surface area contributed by atoms with Crippen molar-refractivity contribution in [2.24, 2.45) is 0 Å². The van der Waals surface area contributed by atoms with Gasteiger partial charge in [-0.15, -0.1) is 0 Å². The zero-order valence-electron chi connectivity index (χ0n) is 12.8. The van der Waals surface area contributed by atoms with Crippen LogP contribution in [-0.4, -0.2) is 38.1 Å². The molecule has 0 aliphatic rings. The largest absolute Gasteiger partial charge is 0.480 e. The number of aromatic nitrogens is 3. The number of nitrogens with zero attached hydrogens (tertiary/aromatic N) is 2. The van der Waals surface area contributed by atoms with E-state index in [0.29, 0.717) is 14.9 Å². The summed E-state index contributed by atoms with van der Waals surface area (Å²) < 4.78 is 14.8. The summed E-state index contributed by atoms with van der Waals surface area (Å²) in [6, 6.07) is 4.97. The summed E-state index contributed by atoms with van der Waals surface area (Å²) in [6.45, 7) is -0.635. The Balaban J connectivity index is 2.05. The molecule has 0 radical (unpaired) electrons. The minimum atomic E-state index is -1.25. The van der Waals surface area contributed by atoms with E-state index in [0.717, 1.165) is 17.8 Å². The number of aromatic amines is 1. The SMILES string of the molecule is O=C(O)CNC(=O)c1c(=O)cc(Sc2cc(F)ccc2Cl)n2[nH]cnc12. The Morgan fingerprint density at radius 3 is 2.88 bits per heavy atom. The van der Waals surface area contributed by atoms with E-state index in [9.17, 15) is 18.8 Å². The van der Waals surface area contributed by atoms with E-state index >= 15 is 0 Å². The predicted molar refractivity (Wildman–Crippen MR) is 91.3 cm³/mol. The third-order valence-electron chi connectivity index (χ3n) is 3.27. The van der Waals surface area contributed by atoms with Crippen molar-refractivity contribution in [2.75, 3.05) is 6.54 Å². The molecule has 1 aromatic carbocycles. The van der Waals surface area contributed by atoms with Crippen LogP contribution in [0.4, 0.5) is 4.39 Å². The minimum Gasteiger partial charge on any atom is -0.480 e. The number of amides is 1. The number of pyridine rings is 1. The lowest BCUT2D eigenvalue weighted by atomic mass is 10.2. The smallest absolute Gasteiger partial charge is 0.322 e. The highest BCUT2D eigenvalue weighted by Gasteiger charge is 2.20. The lowest BCUT2D eigenvalue weighted by Gasteiger charge is -2.09. The average molecular weight is 397 g/mol. The highest BCUT2D eigenvalue weighted by atomic mass is 35.5. The first-order valence-electron chi connectivity index (χ1n) is 7.09.